The third kappa shape index (κ3) is 4.17. The van der Waals surface area contributed by atoms with Crippen molar-refractivity contribution in [3.8, 4) is 0 Å². The van der Waals surface area contributed by atoms with Crippen LogP contribution in [0.5, 0.6) is 0 Å². The molecule has 3 saturated heterocycles. The van der Waals surface area contributed by atoms with Gasteiger partial charge in [0.05, 0.1) is 13.2 Å². The van der Waals surface area contributed by atoms with Crippen LogP contribution in [0.25, 0.3) is 0 Å². The topological polar surface area (TPSA) is 24.9 Å². The van der Waals surface area contributed by atoms with Crippen LogP contribution in [0.4, 0.5) is 0 Å². The van der Waals surface area contributed by atoms with E-state index in [-0.39, 0.29) is 6.29 Å². The highest BCUT2D eigenvalue weighted by Crippen LogP contribution is 2.21. The van der Waals surface area contributed by atoms with Gasteiger partial charge in [0.1, 0.15) is 0 Å². The molecule has 0 spiro atoms. The highest BCUT2D eigenvalue weighted by atomic mass is 16.7. The van der Waals surface area contributed by atoms with Crippen molar-refractivity contribution >= 4 is 0 Å². The summed E-state index contributed by atoms with van der Waals surface area (Å²) in [6.45, 7) is 8.09. The fourth-order valence-corrected chi connectivity index (χ4v) is 3.78. The Kier molecular flexibility index (Phi) is 5.71. The van der Waals surface area contributed by atoms with E-state index in [2.05, 4.69) is 9.80 Å². The van der Waals surface area contributed by atoms with Crippen LogP contribution in [-0.4, -0.2) is 68.1 Å². The Labute approximate surface area is 123 Å². The maximum atomic E-state index is 5.63. The molecular formula is C16H30N2O2. The first-order valence-electron chi connectivity index (χ1n) is 8.61. The molecule has 3 heterocycles. The summed E-state index contributed by atoms with van der Waals surface area (Å²) in [5.74, 6) is 0. The first kappa shape index (κ1) is 14.8. The van der Waals surface area contributed by atoms with Crippen LogP contribution in [0.15, 0.2) is 0 Å². The lowest BCUT2D eigenvalue weighted by molar-refractivity contribution is -0.182. The average molecular weight is 282 g/mol. The van der Waals surface area contributed by atoms with Crippen molar-refractivity contribution in [2.24, 2.45) is 0 Å². The first-order chi connectivity index (χ1) is 9.92. The van der Waals surface area contributed by atoms with Gasteiger partial charge in [-0.15, -0.1) is 0 Å². The van der Waals surface area contributed by atoms with E-state index < -0.39 is 0 Å². The fraction of sp³-hybridized carbons (Fsp3) is 1.00. The normalized spacial score (nSPS) is 28.8. The second-order valence-corrected chi connectivity index (χ2v) is 6.48. The van der Waals surface area contributed by atoms with Crippen molar-refractivity contribution in [2.45, 2.75) is 57.3 Å². The van der Waals surface area contributed by atoms with E-state index in [0.717, 1.165) is 38.6 Å². The molecule has 3 aliphatic rings. The average Bonchev–Trinajstić information content (AvgIpc) is 2.55. The van der Waals surface area contributed by atoms with E-state index in [1.54, 1.807) is 0 Å². The van der Waals surface area contributed by atoms with Gasteiger partial charge in [-0.2, -0.15) is 0 Å². The Morgan fingerprint density at radius 1 is 0.800 bits per heavy atom. The minimum absolute atomic E-state index is 0.0589. The summed E-state index contributed by atoms with van der Waals surface area (Å²) in [5, 5.41) is 0. The van der Waals surface area contributed by atoms with E-state index in [9.17, 15) is 0 Å². The Balaban J connectivity index is 1.33. The summed E-state index contributed by atoms with van der Waals surface area (Å²) >= 11 is 0. The summed E-state index contributed by atoms with van der Waals surface area (Å²) in [5.41, 5.74) is 0. The summed E-state index contributed by atoms with van der Waals surface area (Å²) in [6, 6.07) is 0.855. The third-order valence-corrected chi connectivity index (χ3v) is 5.04. The van der Waals surface area contributed by atoms with Crippen LogP contribution in [-0.2, 0) is 9.47 Å². The molecule has 3 aliphatic heterocycles. The maximum absolute atomic E-state index is 5.63. The van der Waals surface area contributed by atoms with Gasteiger partial charge in [0, 0.05) is 19.0 Å². The Morgan fingerprint density at radius 2 is 1.50 bits per heavy atom. The van der Waals surface area contributed by atoms with Gasteiger partial charge in [-0.25, -0.2) is 0 Å². The molecule has 4 heteroatoms. The Bertz CT molecular complexity index is 268. The molecule has 0 aromatic heterocycles. The monoisotopic (exact) mass is 282 g/mol. The molecule has 0 aromatic carbocycles. The van der Waals surface area contributed by atoms with Gasteiger partial charge in [0.15, 0.2) is 6.29 Å². The highest BCUT2D eigenvalue weighted by molar-refractivity contribution is 4.81. The highest BCUT2D eigenvalue weighted by Gasteiger charge is 2.26. The molecule has 20 heavy (non-hydrogen) atoms. The van der Waals surface area contributed by atoms with Crippen LogP contribution in [0, 0.1) is 0 Å². The fourth-order valence-electron chi connectivity index (χ4n) is 3.78. The van der Waals surface area contributed by atoms with Crippen LogP contribution in [0.1, 0.15) is 44.9 Å². The van der Waals surface area contributed by atoms with Crippen molar-refractivity contribution in [3.63, 3.8) is 0 Å². The third-order valence-electron chi connectivity index (χ3n) is 5.04. The van der Waals surface area contributed by atoms with Crippen molar-refractivity contribution in [2.75, 3.05) is 45.9 Å². The first-order valence-corrected chi connectivity index (χ1v) is 8.61. The standard InChI is InChI=1S/C16H30N2O2/c1-2-8-18(9-3-1)15-5-10-17(11-6-15)12-7-16-19-13-4-14-20-16/h15-16H,1-14H2. The number of rotatable bonds is 4. The van der Waals surface area contributed by atoms with Crippen molar-refractivity contribution < 1.29 is 9.47 Å². The summed E-state index contributed by atoms with van der Waals surface area (Å²) in [6.07, 6.45) is 9.12. The minimum Gasteiger partial charge on any atom is -0.353 e. The van der Waals surface area contributed by atoms with Crippen LogP contribution in [0.3, 0.4) is 0 Å². The molecule has 0 aliphatic carbocycles. The molecule has 0 unspecified atom stereocenters. The Hall–Kier alpha value is -0.160. The lowest BCUT2D eigenvalue weighted by Gasteiger charge is -2.40. The predicted octanol–water partition coefficient (Wildman–Crippen LogP) is 2.09. The smallest absolute Gasteiger partial charge is 0.158 e. The second-order valence-electron chi connectivity index (χ2n) is 6.48. The molecular weight excluding hydrogens is 252 g/mol. The van der Waals surface area contributed by atoms with Crippen LogP contribution < -0.4 is 0 Å². The number of hydrogen-bond donors (Lipinski definition) is 0. The van der Waals surface area contributed by atoms with Gasteiger partial charge in [-0.05, 0) is 58.3 Å². The molecule has 3 fully saturated rings. The molecule has 0 atom stereocenters. The van der Waals surface area contributed by atoms with Gasteiger partial charge < -0.3 is 19.3 Å². The number of likely N-dealkylation sites (tertiary alicyclic amines) is 2. The summed E-state index contributed by atoms with van der Waals surface area (Å²) in [7, 11) is 0. The van der Waals surface area contributed by atoms with Gasteiger partial charge in [-0.3, -0.25) is 0 Å². The Morgan fingerprint density at radius 3 is 2.20 bits per heavy atom. The zero-order valence-corrected chi connectivity index (χ0v) is 12.8. The van der Waals surface area contributed by atoms with Gasteiger partial charge in [-0.1, -0.05) is 6.42 Å². The number of hydrogen-bond acceptors (Lipinski definition) is 4. The molecule has 0 N–H and O–H groups in total. The zero-order valence-electron chi connectivity index (χ0n) is 12.8. The number of ether oxygens (including phenoxy) is 2. The molecule has 0 radical (unpaired) electrons. The van der Waals surface area contributed by atoms with E-state index >= 15 is 0 Å². The quantitative estimate of drug-likeness (QED) is 0.788. The number of nitrogens with zero attached hydrogens (tertiary/aromatic N) is 2. The van der Waals surface area contributed by atoms with Crippen molar-refractivity contribution in [1.82, 2.24) is 9.80 Å². The molecule has 0 amide bonds. The zero-order chi connectivity index (χ0) is 13.6. The van der Waals surface area contributed by atoms with Crippen molar-refractivity contribution in [1.29, 1.82) is 0 Å². The van der Waals surface area contributed by atoms with E-state index in [1.807, 2.05) is 0 Å². The maximum Gasteiger partial charge on any atom is 0.158 e. The molecule has 4 nitrogen and oxygen atoms in total. The minimum atomic E-state index is 0.0589. The number of piperidine rings is 2. The molecule has 0 saturated carbocycles. The van der Waals surface area contributed by atoms with Crippen LogP contribution >= 0.6 is 0 Å². The largest absolute Gasteiger partial charge is 0.353 e. The van der Waals surface area contributed by atoms with Crippen LogP contribution in [0.2, 0.25) is 0 Å². The van der Waals surface area contributed by atoms with Gasteiger partial charge in [0.25, 0.3) is 0 Å². The SMILES string of the molecule is C1CCN(C2CCN(CCC3OCCCO3)CC2)CC1. The molecule has 0 aromatic rings. The predicted molar refractivity (Wildman–Crippen MR) is 79.8 cm³/mol. The van der Waals surface area contributed by atoms with E-state index in [1.165, 1.54) is 58.3 Å². The molecule has 0 bridgehead atoms. The van der Waals surface area contributed by atoms with E-state index in [0.29, 0.717) is 0 Å². The second kappa shape index (κ2) is 7.74. The molecule has 3 rings (SSSR count). The van der Waals surface area contributed by atoms with Gasteiger partial charge in [0.2, 0.25) is 0 Å². The summed E-state index contributed by atoms with van der Waals surface area (Å²) in [4.78, 5) is 5.34. The van der Waals surface area contributed by atoms with Gasteiger partial charge >= 0.3 is 0 Å². The van der Waals surface area contributed by atoms with Crippen molar-refractivity contribution in [3.05, 3.63) is 0 Å². The molecule has 116 valence electrons. The lowest BCUT2D eigenvalue weighted by Crippen LogP contribution is -2.47. The lowest BCUT2D eigenvalue weighted by atomic mass is 10.00. The summed E-state index contributed by atoms with van der Waals surface area (Å²) < 4.78 is 11.3. The van der Waals surface area contributed by atoms with E-state index in [4.69, 9.17) is 9.47 Å².